The van der Waals surface area contributed by atoms with E-state index in [1.54, 1.807) is 5.56 Å². The summed E-state index contributed by atoms with van der Waals surface area (Å²) in [6.45, 7) is 8.18. The molecule has 3 aromatic carbocycles. The SMILES string of the molecule is C=C[C@H]1C[C@]2(C)[C@@H](OCc3ccccc3)CC[C@H]2[C@@H]2CCc3cc(OCc4ccccc4)ccc3[C@H]21. The number of allylic oxidation sites excluding steroid dienone is 1. The zero-order valence-electron chi connectivity index (χ0n) is 21.4. The number of benzene rings is 3. The zero-order valence-corrected chi connectivity index (χ0v) is 21.4. The van der Waals surface area contributed by atoms with Crippen molar-refractivity contribution in [1.29, 1.82) is 0 Å². The van der Waals surface area contributed by atoms with E-state index < -0.39 is 0 Å². The highest BCUT2D eigenvalue weighted by Crippen LogP contribution is 2.63. The monoisotopic (exact) mass is 478 g/mol. The summed E-state index contributed by atoms with van der Waals surface area (Å²) in [5, 5.41) is 0. The number of rotatable bonds is 7. The standard InChI is InChI=1S/C34H38O2/c1-3-26-21-34(2)31(18-19-32(34)36-23-25-12-8-5-9-13-25)30-16-14-27-20-28(15-17-29(27)33(26)30)35-22-24-10-6-4-7-11-24/h3-13,15,17,20,26,30-33H,1,14,16,18-19,21-23H2,2H3/t26-,30-,31-,32-,33+,34-/m0/s1. The minimum atomic E-state index is 0.227. The fraction of sp³-hybridized carbons (Fsp3) is 0.412. The third kappa shape index (κ3) is 4.30. The minimum absolute atomic E-state index is 0.227. The highest BCUT2D eigenvalue weighted by molar-refractivity contribution is 5.42. The quantitative estimate of drug-likeness (QED) is 0.319. The van der Waals surface area contributed by atoms with E-state index in [1.165, 1.54) is 42.4 Å². The molecule has 186 valence electrons. The van der Waals surface area contributed by atoms with E-state index in [-0.39, 0.29) is 5.41 Å². The van der Waals surface area contributed by atoms with Gasteiger partial charge in [-0.2, -0.15) is 0 Å². The Morgan fingerprint density at radius 1 is 0.889 bits per heavy atom. The lowest BCUT2D eigenvalue weighted by atomic mass is 9.52. The molecule has 6 rings (SSSR count). The van der Waals surface area contributed by atoms with Gasteiger partial charge < -0.3 is 9.47 Å². The zero-order chi connectivity index (χ0) is 24.5. The molecule has 0 spiro atoms. The van der Waals surface area contributed by atoms with Gasteiger partial charge in [0, 0.05) is 0 Å². The third-order valence-corrected chi connectivity index (χ3v) is 9.50. The first-order valence-electron chi connectivity index (χ1n) is 13.7. The van der Waals surface area contributed by atoms with Crippen LogP contribution in [0.15, 0.2) is 91.5 Å². The van der Waals surface area contributed by atoms with Gasteiger partial charge in [-0.3, -0.25) is 0 Å². The Bertz CT molecular complexity index is 1190. The van der Waals surface area contributed by atoms with Crippen molar-refractivity contribution in [2.75, 3.05) is 0 Å². The van der Waals surface area contributed by atoms with Crippen LogP contribution < -0.4 is 4.74 Å². The smallest absolute Gasteiger partial charge is 0.120 e. The molecule has 3 aliphatic carbocycles. The lowest BCUT2D eigenvalue weighted by molar-refractivity contribution is -0.0805. The lowest BCUT2D eigenvalue weighted by Crippen LogP contribution is -2.48. The molecule has 0 saturated heterocycles. The van der Waals surface area contributed by atoms with Crippen LogP contribution in [0, 0.1) is 23.2 Å². The van der Waals surface area contributed by atoms with Crippen LogP contribution in [0.3, 0.4) is 0 Å². The predicted molar refractivity (Wildman–Crippen MR) is 146 cm³/mol. The summed E-state index contributed by atoms with van der Waals surface area (Å²) < 4.78 is 12.8. The van der Waals surface area contributed by atoms with Gasteiger partial charge in [0.05, 0.1) is 12.7 Å². The Balaban J connectivity index is 1.20. The van der Waals surface area contributed by atoms with Crippen LogP contribution in [0.1, 0.15) is 60.8 Å². The molecule has 2 fully saturated rings. The largest absolute Gasteiger partial charge is 0.489 e. The molecular weight excluding hydrogens is 440 g/mol. The lowest BCUT2D eigenvalue weighted by Gasteiger charge is -2.53. The summed E-state index contributed by atoms with van der Waals surface area (Å²) in [5.74, 6) is 3.48. The number of ether oxygens (including phenoxy) is 2. The van der Waals surface area contributed by atoms with Crippen molar-refractivity contribution in [1.82, 2.24) is 0 Å². The van der Waals surface area contributed by atoms with Crippen LogP contribution in [0.25, 0.3) is 0 Å². The van der Waals surface area contributed by atoms with Crippen molar-refractivity contribution >= 4 is 0 Å². The fourth-order valence-corrected chi connectivity index (χ4v) is 7.81. The number of hydrogen-bond donors (Lipinski definition) is 0. The summed E-state index contributed by atoms with van der Waals surface area (Å²) in [6.07, 6.45) is 8.63. The molecule has 0 heterocycles. The minimum Gasteiger partial charge on any atom is -0.489 e. The molecule has 0 bridgehead atoms. The predicted octanol–water partition coefficient (Wildman–Crippen LogP) is 8.12. The molecule has 2 heteroatoms. The van der Waals surface area contributed by atoms with E-state index in [9.17, 15) is 0 Å². The first-order valence-corrected chi connectivity index (χ1v) is 13.7. The van der Waals surface area contributed by atoms with Gasteiger partial charge in [-0.1, -0.05) is 79.7 Å². The summed E-state index contributed by atoms with van der Waals surface area (Å²) in [4.78, 5) is 0. The fourth-order valence-electron chi connectivity index (χ4n) is 7.81. The van der Waals surface area contributed by atoms with Crippen LogP contribution in [0.2, 0.25) is 0 Å². The topological polar surface area (TPSA) is 18.5 Å². The Morgan fingerprint density at radius 2 is 1.61 bits per heavy atom. The van der Waals surface area contributed by atoms with Gasteiger partial charge >= 0.3 is 0 Å². The molecule has 0 aromatic heterocycles. The highest BCUT2D eigenvalue weighted by atomic mass is 16.5. The van der Waals surface area contributed by atoms with Crippen molar-refractivity contribution in [2.45, 2.75) is 64.3 Å². The van der Waals surface area contributed by atoms with Crippen LogP contribution >= 0.6 is 0 Å². The molecule has 0 radical (unpaired) electrons. The van der Waals surface area contributed by atoms with Gasteiger partial charge in [0.25, 0.3) is 0 Å². The van der Waals surface area contributed by atoms with Crippen molar-refractivity contribution in [3.05, 3.63) is 114 Å². The third-order valence-electron chi connectivity index (χ3n) is 9.50. The Labute approximate surface area is 216 Å². The van der Waals surface area contributed by atoms with Gasteiger partial charge in [0.15, 0.2) is 0 Å². The molecule has 36 heavy (non-hydrogen) atoms. The van der Waals surface area contributed by atoms with Gasteiger partial charge in [-0.05, 0) is 95.6 Å². The normalized spacial score (nSPS) is 30.6. The van der Waals surface area contributed by atoms with Crippen molar-refractivity contribution in [3.63, 3.8) is 0 Å². The summed E-state index contributed by atoms with van der Waals surface area (Å²) in [7, 11) is 0. The van der Waals surface area contributed by atoms with Crippen LogP contribution in [-0.2, 0) is 24.4 Å². The molecular formula is C34H38O2. The van der Waals surface area contributed by atoms with E-state index in [4.69, 9.17) is 9.47 Å². The average molecular weight is 479 g/mol. The summed E-state index contributed by atoms with van der Waals surface area (Å²) in [5.41, 5.74) is 5.73. The number of fused-ring (bicyclic) bond motifs is 5. The molecule has 0 aliphatic heterocycles. The molecule has 3 aromatic rings. The molecule has 0 N–H and O–H groups in total. The summed E-state index contributed by atoms with van der Waals surface area (Å²) >= 11 is 0. The highest BCUT2D eigenvalue weighted by Gasteiger charge is 2.57. The Morgan fingerprint density at radius 3 is 2.33 bits per heavy atom. The number of hydrogen-bond acceptors (Lipinski definition) is 2. The van der Waals surface area contributed by atoms with Crippen molar-refractivity contribution in [2.24, 2.45) is 23.2 Å². The van der Waals surface area contributed by atoms with Crippen molar-refractivity contribution < 1.29 is 9.47 Å². The van der Waals surface area contributed by atoms with E-state index in [2.05, 4.69) is 92.4 Å². The van der Waals surface area contributed by atoms with E-state index in [0.29, 0.717) is 30.5 Å². The van der Waals surface area contributed by atoms with E-state index >= 15 is 0 Å². The maximum absolute atomic E-state index is 6.63. The Hall–Kier alpha value is -2.84. The maximum atomic E-state index is 6.63. The molecule has 2 nitrogen and oxygen atoms in total. The van der Waals surface area contributed by atoms with Gasteiger partial charge in [-0.15, -0.1) is 6.58 Å². The molecule has 0 amide bonds. The second kappa shape index (κ2) is 9.90. The first-order chi connectivity index (χ1) is 17.7. The van der Waals surface area contributed by atoms with Gasteiger partial charge in [-0.25, -0.2) is 0 Å². The average Bonchev–Trinajstić information content (AvgIpc) is 3.26. The van der Waals surface area contributed by atoms with E-state index in [1.807, 2.05) is 6.07 Å². The first kappa shape index (κ1) is 23.6. The molecule has 0 unspecified atom stereocenters. The van der Waals surface area contributed by atoms with Gasteiger partial charge in [0.1, 0.15) is 12.4 Å². The molecule has 6 atom stereocenters. The van der Waals surface area contributed by atoms with Crippen LogP contribution in [0.4, 0.5) is 0 Å². The molecule has 2 saturated carbocycles. The number of aryl methyl sites for hydroxylation is 1. The van der Waals surface area contributed by atoms with E-state index in [0.717, 1.165) is 24.7 Å². The van der Waals surface area contributed by atoms with Crippen molar-refractivity contribution in [3.8, 4) is 5.75 Å². The maximum Gasteiger partial charge on any atom is 0.120 e. The molecule has 3 aliphatic rings. The second-order valence-corrected chi connectivity index (χ2v) is 11.4. The van der Waals surface area contributed by atoms with Gasteiger partial charge in [0.2, 0.25) is 0 Å². The van der Waals surface area contributed by atoms with Crippen LogP contribution in [-0.4, -0.2) is 6.10 Å². The summed E-state index contributed by atoms with van der Waals surface area (Å²) in [6, 6.07) is 27.9. The Kier molecular flexibility index (Phi) is 6.48. The second-order valence-electron chi connectivity index (χ2n) is 11.4. The van der Waals surface area contributed by atoms with Crippen LogP contribution in [0.5, 0.6) is 5.75 Å².